The third-order valence-electron chi connectivity index (χ3n) is 2.85. The number of aromatic carboxylic acids is 1. The first-order valence-electron chi connectivity index (χ1n) is 7.61. The normalized spacial score (nSPS) is 10.1. The van der Waals surface area contributed by atoms with Gasteiger partial charge in [-0.3, -0.25) is 4.79 Å². The molecule has 2 aromatic rings. The Labute approximate surface area is 166 Å². The van der Waals surface area contributed by atoms with E-state index in [2.05, 4.69) is 9.97 Å². The van der Waals surface area contributed by atoms with Gasteiger partial charge in [0.1, 0.15) is 0 Å². The topological polar surface area (TPSA) is 125 Å². The summed E-state index contributed by atoms with van der Waals surface area (Å²) < 4.78 is 9.91. The van der Waals surface area contributed by atoms with Gasteiger partial charge < -0.3 is 20.3 Å². The Balaban J connectivity index is 0.000000828. The maximum Gasteiger partial charge on any atom is 0.338 e. The number of methoxy groups -OCH3 is 2. The van der Waals surface area contributed by atoms with Crippen molar-refractivity contribution >= 4 is 35.0 Å². The van der Waals surface area contributed by atoms with E-state index >= 15 is 0 Å². The molecule has 0 atom stereocenters. The van der Waals surface area contributed by atoms with E-state index in [0.29, 0.717) is 6.04 Å². The second-order valence-electron chi connectivity index (χ2n) is 5.43. The van der Waals surface area contributed by atoms with Crippen molar-refractivity contribution in [3.8, 4) is 11.8 Å². The van der Waals surface area contributed by atoms with Gasteiger partial charge in [-0.2, -0.15) is 9.97 Å². The van der Waals surface area contributed by atoms with Crippen molar-refractivity contribution in [2.75, 3.05) is 14.2 Å². The van der Waals surface area contributed by atoms with Crippen LogP contribution in [0.2, 0.25) is 10.0 Å². The molecule has 27 heavy (non-hydrogen) atoms. The smallest absolute Gasteiger partial charge is 0.338 e. The standard InChI is InChI=1S/C14H10Cl2N2O5.C3H9N/c1-22-8-5-9(23-2)18-13(17-8)12(19)10-6(15)3-4-7(16)11(10)14(20)21;1-3(2)4/h3-5H,1-2H3,(H,20,21);3H,4H2,1-2H3. The van der Waals surface area contributed by atoms with Crippen molar-refractivity contribution in [3.05, 3.63) is 45.2 Å². The number of carboxylic acid groups (broad SMARTS) is 1. The molecule has 1 heterocycles. The van der Waals surface area contributed by atoms with E-state index in [9.17, 15) is 14.7 Å². The summed E-state index contributed by atoms with van der Waals surface area (Å²) in [7, 11) is 2.70. The van der Waals surface area contributed by atoms with Gasteiger partial charge in [-0.15, -0.1) is 0 Å². The molecule has 0 amide bonds. The summed E-state index contributed by atoms with van der Waals surface area (Å²) >= 11 is 11.8. The molecule has 2 rings (SSSR count). The highest BCUT2D eigenvalue weighted by Gasteiger charge is 2.26. The number of hydrogen-bond donors (Lipinski definition) is 2. The molecule has 1 aromatic carbocycles. The minimum atomic E-state index is -1.39. The number of benzene rings is 1. The third-order valence-corrected chi connectivity index (χ3v) is 3.48. The Morgan fingerprint density at radius 1 is 1.04 bits per heavy atom. The molecule has 0 saturated carbocycles. The van der Waals surface area contributed by atoms with E-state index in [1.807, 2.05) is 13.8 Å². The number of rotatable bonds is 5. The van der Waals surface area contributed by atoms with Crippen LogP contribution in [0.3, 0.4) is 0 Å². The molecule has 0 bridgehead atoms. The van der Waals surface area contributed by atoms with Crippen LogP contribution in [0.15, 0.2) is 18.2 Å². The first kappa shape index (κ1) is 22.6. The van der Waals surface area contributed by atoms with Crippen LogP contribution >= 0.6 is 23.2 Å². The maximum atomic E-state index is 12.6. The highest BCUT2D eigenvalue weighted by Crippen LogP contribution is 2.29. The third kappa shape index (κ3) is 6.06. The number of nitrogens with two attached hydrogens (primary N) is 1. The largest absolute Gasteiger partial charge is 0.481 e. The number of aromatic nitrogens is 2. The zero-order valence-corrected chi connectivity index (χ0v) is 16.6. The Bertz CT molecular complexity index is 819. The van der Waals surface area contributed by atoms with Crippen LogP contribution in [-0.2, 0) is 0 Å². The fraction of sp³-hybridized carbons (Fsp3) is 0.294. The number of hydrogen-bond acceptors (Lipinski definition) is 7. The molecule has 0 aliphatic heterocycles. The lowest BCUT2D eigenvalue weighted by Crippen LogP contribution is -2.15. The number of carbonyl (C=O) groups is 2. The Kier molecular flexibility index (Phi) is 8.42. The molecule has 8 nitrogen and oxygen atoms in total. The van der Waals surface area contributed by atoms with Crippen LogP contribution in [0.1, 0.15) is 40.4 Å². The Morgan fingerprint density at radius 2 is 1.44 bits per heavy atom. The van der Waals surface area contributed by atoms with Gasteiger partial charge in [0.05, 0.1) is 41.5 Å². The van der Waals surface area contributed by atoms with Crippen LogP contribution in [0.25, 0.3) is 0 Å². The number of carbonyl (C=O) groups excluding carboxylic acids is 1. The molecule has 146 valence electrons. The lowest BCUT2D eigenvalue weighted by Gasteiger charge is -2.10. The molecule has 1 aromatic heterocycles. The van der Waals surface area contributed by atoms with E-state index in [1.54, 1.807) is 0 Å². The quantitative estimate of drug-likeness (QED) is 0.713. The predicted octanol–water partition coefficient (Wildman–Crippen LogP) is 3.08. The maximum absolute atomic E-state index is 12.6. The van der Waals surface area contributed by atoms with Crippen LogP contribution in [0.5, 0.6) is 11.8 Å². The molecular formula is C17H19Cl2N3O5. The molecule has 10 heteroatoms. The van der Waals surface area contributed by atoms with E-state index < -0.39 is 17.3 Å². The van der Waals surface area contributed by atoms with Gasteiger partial charge in [-0.25, -0.2) is 4.79 Å². The summed E-state index contributed by atoms with van der Waals surface area (Å²) in [5.41, 5.74) is 4.39. The summed E-state index contributed by atoms with van der Waals surface area (Å²) in [4.78, 5) is 31.8. The summed E-state index contributed by atoms with van der Waals surface area (Å²) in [6, 6.07) is 4.31. The zero-order chi connectivity index (χ0) is 20.7. The number of nitrogens with zero attached hydrogens (tertiary/aromatic N) is 2. The van der Waals surface area contributed by atoms with Crippen molar-refractivity contribution in [3.63, 3.8) is 0 Å². The molecular weight excluding hydrogens is 397 g/mol. The van der Waals surface area contributed by atoms with Crippen LogP contribution < -0.4 is 15.2 Å². The average molecular weight is 416 g/mol. The summed E-state index contributed by atoms with van der Waals surface area (Å²) in [6.07, 6.45) is 0. The van der Waals surface area contributed by atoms with Gasteiger partial charge in [0, 0.05) is 0 Å². The molecule has 0 unspecified atom stereocenters. The first-order chi connectivity index (χ1) is 12.6. The minimum Gasteiger partial charge on any atom is -0.481 e. The predicted molar refractivity (Wildman–Crippen MR) is 101 cm³/mol. The Morgan fingerprint density at radius 3 is 1.81 bits per heavy atom. The number of ether oxygens (including phenoxy) is 2. The fourth-order valence-corrected chi connectivity index (χ4v) is 2.29. The summed E-state index contributed by atoms with van der Waals surface area (Å²) in [6.45, 7) is 3.89. The number of carboxylic acids is 1. The van der Waals surface area contributed by atoms with E-state index in [-0.39, 0.29) is 33.2 Å². The van der Waals surface area contributed by atoms with Crippen molar-refractivity contribution in [2.45, 2.75) is 19.9 Å². The SMILES string of the molecule is CC(C)N.COc1cc(OC)nc(C(=O)c2c(Cl)ccc(Cl)c2C(=O)O)n1. The first-order valence-corrected chi connectivity index (χ1v) is 8.36. The van der Waals surface area contributed by atoms with Crippen LogP contribution in [-0.4, -0.2) is 47.1 Å². The van der Waals surface area contributed by atoms with Crippen LogP contribution in [0.4, 0.5) is 0 Å². The summed E-state index contributed by atoms with van der Waals surface area (Å²) in [5.74, 6) is -2.37. The molecule has 0 fully saturated rings. The number of ketones is 1. The van der Waals surface area contributed by atoms with Gasteiger partial charge in [-0.05, 0) is 18.2 Å². The molecule has 3 N–H and O–H groups in total. The highest BCUT2D eigenvalue weighted by atomic mass is 35.5. The monoisotopic (exact) mass is 415 g/mol. The van der Waals surface area contributed by atoms with Crippen LogP contribution in [0, 0.1) is 0 Å². The molecule has 0 aliphatic rings. The molecule has 0 spiro atoms. The van der Waals surface area contributed by atoms with Gasteiger partial charge >= 0.3 is 5.97 Å². The Hall–Kier alpha value is -2.42. The second kappa shape index (κ2) is 10.1. The molecule has 0 saturated heterocycles. The van der Waals surface area contributed by atoms with E-state index in [0.717, 1.165) is 0 Å². The van der Waals surface area contributed by atoms with Gasteiger partial charge in [0.2, 0.25) is 23.4 Å². The van der Waals surface area contributed by atoms with Gasteiger partial charge in [-0.1, -0.05) is 37.0 Å². The van der Waals surface area contributed by atoms with E-state index in [4.69, 9.17) is 38.4 Å². The van der Waals surface area contributed by atoms with Gasteiger partial charge in [0.15, 0.2) is 0 Å². The molecule has 0 aliphatic carbocycles. The fourth-order valence-electron chi connectivity index (χ4n) is 1.81. The highest BCUT2D eigenvalue weighted by molar-refractivity contribution is 6.39. The lowest BCUT2D eigenvalue weighted by atomic mass is 10.0. The average Bonchev–Trinajstić information content (AvgIpc) is 2.61. The molecule has 0 radical (unpaired) electrons. The van der Waals surface area contributed by atoms with Crippen molar-refractivity contribution in [1.29, 1.82) is 0 Å². The minimum absolute atomic E-state index is 0.0789. The lowest BCUT2D eigenvalue weighted by molar-refractivity contribution is 0.0693. The summed E-state index contributed by atoms with van der Waals surface area (Å²) in [5, 5.41) is 9.08. The zero-order valence-electron chi connectivity index (χ0n) is 15.1. The van der Waals surface area contributed by atoms with E-state index in [1.165, 1.54) is 32.4 Å². The van der Waals surface area contributed by atoms with Gasteiger partial charge in [0.25, 0.3) is 0 Å². The van der Waals surface area contributed by atoms with Crippen molar-refractivity contribution < 1.29 is 24.2 Å². The second-order valence-corrected chi connectivity index (χ2v) is 6.25. The number of halogens is 2. The van der Waals surface area contributed by atoms with Crippen molar-refractivity contribution in [2.24, 2.45) is 5.73 Å². The van der Waals surface area contributed by atoms with Crippen molar-refractivity contribution in [1.82, 2.24) is 9.97 Å².